The third kappa shape index (κ3) is 2.70. The first kappa shape index (κ1) is 10.5. The van der Waals surface area contributed by atoms with Crippen LogP contribution in [-0.4, -0.2) is 25.0 Å². The Kier molecular flexibility index (Phi) is 3.41. The van der Waals surface area contributed by atoms with E-state index in [1.807, 2.05) is 0 Å². The van der Waals surface area contributed by atoms with Crippen molar-refractivity contribution in [1.29, 1.82) is 0 Å². The summed E-state index contributed by atoms with van der Waals surface area (Å²) < 4.78 is 22.3. The molecule has 5 heteroatoms. The van der Waals surface area contributed by atoms with E-state index < -0.39 is 11.8 Å². The topological polar surface area (TPSA) is 55.8 Å². The van der Waals surface area contributed by atoms with Gasteiger partial charge in [-0.3, -0.25) is 0 Å². The molecular weight excluding hydrogens is 191 g/mol. The fourth-order valence-electron chi connectivity index (χ4n) is 0.896. The lowest BCUT2D eigenvalue weighted by molar-refractivity contribution is 0.0505. The Labute approximate surface area is 79.9 Å². The van der Waals surface area contributed by atoms with E-state index in [1.165, 1.54) is 13.2 Å². The lowest BCUT2D eigenvalue weighted by Crippen LogP contribution is -2.02. The van der Waals surface area contributed by atoms with E-state index in [1.54, 1.807) is 0 Å². The molecular formula is C9H9FO4. The number of carboxylic acid groups (broad SMARTS) is 1. The Balaban J connectivity index is 2.89. The zero-order valence-corrected chi connectivity index (χ0v) is 7.49. The molecule has 0 spiro atoms. The van der Waals surface area contributed by atoms with E-state index in [9.17, 15) is 9.18 Å². The third-order valence-electron chi connectivity index (χ3n) is 1.46. The lowest BCUT2D eigenvalue weighted by atomic mass is 10.2. The van der Waals surface area contributed by atoms with Crippen molar-refractivity contribution in [3.8, 4) is 5.75 Å². The van der Waals surface area contributed by atoms with E-state index >= 15 is 0 Å². The van der Waals surface area contributed by atoms with Gasteiger partial charge in [0.15, 0.2) is 6.79 Å². The van der Waals surface area contributed by atoms with Crippen molar-refractivity contribution in [2.24, 2.45) is 0 Å². The normalized spacial score (nSPS) is 9.86. The molecule has 1 aromatic carbocycles. The minimum Gasteiger partial charge on any atom is -0.478 e. The molecule has 0 aliphatic carbocycles. The maximum Gasteiger partial charge on any atom is 0.335 e. The predicted molar refractivity (Wildman–Crippen MR) is 45.9 cm³/mol. The van der Waals surface area contributed by atoms with Crippen LogP contribution in [0.4, 0.5) is 4.39 Å². The molecule has 0 atom stereocenters. The fourth-order valence-corrected chi connectivity index (χ4v) is 0.896. The Bertz CT molecular complexity index is 338. The first-order valence-electron chi connectivity index (χ1n) is 3.79. The van der Waals surface area contributed by atoms with Crippen molar-refractivity contribution in [3.63, 3.8) is 0 Å². The third-order valence-corrected chi connectivity index (χ3v) is 1.46. The zero-order valence-electron chi connectivity index (χ0n) is 7.49. The second-order valence-corrected chi connectivity index (χ2v) is 2.53. The van der Waals surface area contributed by atoms with Crippen LogP contribution in [-0.2, 0) is 4.74 Å². The van der Waals surface area contributed by atoms with E-state index in [-0.39, 0.29) is 18.1 Å². The largest absolute Gasteiger partial charge is 0.478 e. The Morgan fingerprint density at radius 2 is 2.21 bits per heavy atom. The molecule has 0 amide bonds. The maximum absolute atomic E-state index is 12.8. The highest BCUT2D eigenvalue weighted by Gasteiger charge is 2.07. The van der Waals surface area contributed by atoms with Gasteiger partial charge in [0.2, 0.25) is 0 Å². The van der Waals surface area contributed by atoms with Crippen LogP contribution < -0.4 is 4.74 Å². The molecule has 0 fully saturated rings. The summed E-state index contributed by atoms with van der Waals surface area (Å²) in [6, 6.07) is 3.23. The van der Waals surface area contributed by atoms with Crippen LogP contribution in [0.3, 0.4) is 0 Å². The second kappa shape index (κ2) is 4.57. The highest BCUT2D eigenvalue weighted by molar-refractivity contribution is 5.88. The first-order valence-corrected chi connectivity index (χ1v) is 3.79. The van der Waals surface area contributed by atoms with Gasteiger partial charge in [0.05, 0.1) is 5.56 Å². The van der Waals surface area contributed by atoms with Crippen molar-refractivity contribution in [3.05, 3.63) is 29.6 Å². The number of hydrogen-bond donors (Lipinski definition) is 1. The van der Waals surface area contributed by atoms with Gasteiger partial charge in [-0.1, -0.05) is 0 Å². The van der Waals surface area contributed by atoms with Gasteiger partial charge < -0.3 is 14.6 Å². The monoisotopic (exact) mass is 200 g/mol. The van der Waals surface area contributed by atoms with Gasteiger partial charge in [-0.2, -0.15) is 0 Å². The molecule has 76 valence electrons. The number of carbonyl (C=O) groups is 1. The number of halogens is 1. The molecule has 0 heterocycles. The molecule has 1 aromatic rings. The summed E-state index contributed by atoms with van der Waals surface area (Å²) in [4.78, 5) is 10.5. The van der Waals surface area contributed by atoms with E-state index in [0.717, 1.165) is 12.1 Å². The number of rotatable bonds is 4. The first-order chi connectivity index (χ1) is 6.63. The summed E-state index contributed by atoms with van der Waals surface area (Å²) in [6.45, 7) is -0.0531. The lowest BCUT2D eigenvalue weighted by Gasteiger charge is -2.05. The number of hydrogen-bond acceptors (Lipinski definition) is 3. The summed E-state index contributed by atoms with van der Waals surface area (Å²) in [6.07, 6.45) is 0. The van der Waals surface area contributed by atoms with Crippen LogP contribution in [0.15, 0.2) is 18.2 Å². The molecule has 0 unspecified atom stereocenters. The van der Waals surface area contributed by atoms with Crippen LogP contribution in [0.5, 0.6) is 5.75 Å². The molecule has 0 aromatic heterocycles. The van der Waals surface area contributed by atoms with Gasteiger partial charge in [-0.25, -0.2) is 9.18 Å². The Hall–Kier alpha value is -1.62. The molecule has 0 radical (unpaired) electrons. The number of methoxy groups -OCH3 is 1. The molecule has 0 saturated carbocycles. The molecule has 0 aliphatic rings. The minimum absolute atomic E-state index is 0.0531. The average molecular weight is 200 g/mol. The minimum atomic E-state index is -1.20. The van der Waals surface area contributed by atoms with Crippen LogP contribution >= 0.6 is 0 Å². The van der Waals surface area contributed by atoms with Gasteiger partial charge in [0, 0.05) is 13.2 Å². The van der Waals surface area contributed by atoms with Crippen LogP contribution in [0.2, 0.25) is 0 Å². The Morgan fingerprint density at radius 1 is 1.50 bits per heavy atom. The number of ether oxygens (including phenoxy) is 2. The van der Waals surface area contributed by atoms with Crippen molar-refractivity contribution in [2.75, 3.05) is 13.9 Å². The van der Waals surface area contributed by atoms with Crippen LogP contribution in [0.25, 0.3) is 0 Å². The summed E-state index contributed by atoms with van der Waals surface area (Å²) >= 11 is 0. The Morgan fingerprint density at radius 3 is 2.79 bits per heavy atom. The quantitative estimate of drug-likeness (QED) is 0.748. The fraction of sp³-hybridized carbons (Fsp3) is 0.222. The molecule has 1 N–H and O–H groups in total. The summed E-state index contributed by atoms with van der Waals surface area (Å²) in [5.74, 6) is -1.73. The molecule has 0 aliphatic heterocycles. The number of aromatic carboxylic acids is 1. The number of benzene rings is 1. The summed E-state index contributed by atoms with van der Waals surface area (Å²) in [5.41, 5.74) is -0.156. The van der Waals surface area contributed by atoms with Gasteiger partial charge in [-0.15, -0.1) is 0 Å². The average Bonchev–Trinajstić information content (AvgIpc) is 2.14. The molecule has 1 rings (SSSR count). The van der Waals surface area contributed by atoms with Gasteiger partial charge >= 0.3 is 5.97 Å². The van der Waals surface area contributed by atoms with Crippen molar-refractivity contribution in [1.82, 2.24) is 0 Å². The summed E-state index contributed by atoms with van der Waals surface area (Å²) in [5, 5.41) is 8.61. The highest BCUT2D eigenvalue weighted by atomic mass is 19.1. The van der Waals surface area contributed by atoms with E-state index in [4.69, 9.17) is 9.84 Å². The SMILES string of the molecule is COCOc1cc(F)cc(C(=O)O)c1. The van der Waals surface area contributed by atoms with Crippen molar-refractivity contribution < 1.29 is 23.8 Å². The van der Waals surface area contributed by atoms with Crippen molar-refractivity contribution in [2.45, 2.75) is 0 Å². The van der Waals surface area contributed by atoms with Crippen LogP contribution in [0.1, 0.15) is 10.4 Å². The molecule has 0 saturated heterocycles. The summed E-state index contributed by atoms with van der Waals surface area (Å²) in [7, 11) is 1.41. The van der Waals surface area contributed by atoms with Crippen LogP contribution in [0, 0.1) is 5.82 Å². The van der Waals surface area contributed by atoms with Crippen molar-refractivity contribution >= 4 is 5.97 Å². The maximum atomic E-state index is 12.8. The van der Waals surface area contributed by atoms with Gasteiger partial charge in [0.25, 0.3) is 0 Å². The van der Waals surface area contributed by atoms with E-state index in [0.29, 0.717) is 0 Å². The second-order valence-electron chi connectivity index (χ2n) is 2.53. The number of carboxylic acids is 1. The smallest absolute Gasteiger partial charge is 0.335 e. The predicted octanol–water partition coefficient (Wildman–Crippen LogP) is 1.51. The van der Waals surface area contributed by atoms with Gasteiger partial charge in [-0.05, 0) is 12.1 Å². The molecule has 4 nitrogen and oxygen atoms in total. The standard InChI is InChI=1S/C9H9FO4/c1-13-5-14-8-3-6(9(11)12)2-7(10)4-8/h2-4H,5H2,1H3,(H,11,12). The van der Waals surface area contributed by atoms with Gasteiger partial charge in [0.1, 0.15) is 11.6 Å². The molecule has 14 heavy (non-hydrogen) atoms. The molecule has 0 bridgehead atoms. The zero-order chi connectivity index (χ0) is 10.6. The highest BCUT2D eigenvalue weighted by Crippen LogP contribution is 2.16. The van der Waals surface area contributed by atoms with E-state index in [2.05, 4.69) is 4.74 Å².